The van der Waals surface area contributed by atoms with Crippen molar-refractivity contribution >= 4 is 17.7 Å². The zero-order valence-electron chi connectivity index (χ0n) is 14.5. The molecule has 27 heavy (non-hydrogen) atoms. The molecule has 2 aromatic rings. The first-order chi connectivity index (χ1) is 12.9. The van der Waals surface area contributed by atoms with E-state index in [2.05, 4.69) is 31.6 Å². The highest BCUT2D eigenvalue weighted by atomic mass is 19.4. The van der Waals surface area contributed by atoms with Crippen LogP contribution in [0.4, 0.5) is 29.6 Å². The summed E-state index contributed by atoms with van der Waals surface area (Å²) in [5, 5.41) is 13.7. The van der Waals surface area contributed by atoms with E-state index in [4.69, 9.17) is 0 Å². The first-order valence-electron chi connectivity index (χ1n) is 8.84. The zero-order valence-corrected chi connectivity index (χ0v) is 14.5. The standard InChI is InChI=1S/C16H20F3N7O/c17-16(18,19)10-26-4-3-13(23-26)20-15(27)25-7-5-24(6-8-25)14-9-12(21-22-14)11-1-2-11/h3-4,9,11H,1-2,5-8,10H2,(H,21,22)(H,20,23,27). The van der Waals surface area contributed by atoms with Crippen LogP contribution in [0.3, 0.4) is 0 Å². The van der Waals surface area contributed by atoms with Gasteiger partial charge in [-0.15, -0.1) is 0 Å². The quantitative estimate of drug-likeness (QED) is 0.850. The van der Waals surface area contributed by atoms with Crippen molar-refractivity contribution < 1.29 is 18.0 Å². The second-order valence-electron chi connectivity index (χ2n) is 6.87. The Morgan fingerprint density at radius 2 is 2.00 bits per heavy atom. The summed E-state index contributed by atoms with van der Waals surface area (Å²) in [6.07, 6.45) is -0.756. The van der Waals surface area contributed by atoms with Gasteiger partial charge in [-0.1, -0.05) is 0 Å². The highest BCUT2D eigenvalue weighted by Crippen LogP contribution is 2.39. The predicted octanol–water partition coefficient (Wildman–Crippen LogP) is 2.40. The Balaban J connectivity index is 1.28. The number of nitrogens with one attached hydrogen (secondary N) is 2. The van der Waals surface area contributed by atoms with Crippen molar-refractivity contribution in [2.45, 2.75) is 31.5 Å². The minimum Gasteiger partial charge on any atom is -0.352 e. The first kappa shape index (κ1) is 17.7. The van der Waals surface area contributed by atoms with Gasteiger partial charge < -0.3 is 9.80 Å². The second-order valence-corrected chi connectivity index (χ2v) is 6.87. The molecule has 2 amide bonds. The molecule has 8 nitrogen and oxygen atoms in total. The minimum absolute atomic E-state index is 0.105. The molecule has 0 aromatic carbocycles. The van der Waals surface area contributed by atoms with E-state index in [0.29, 0.717) is 32.1 Å². The molecule has 2 fully saturated rings. The van der Waals surface area contributed by atoms with Crippen molar-refractivity contribution in [3.8, 4) is 0 Å². The summed E-state index contributed by atoms with van der Waals surface area (Å²) in [7, 11) is 0. The van der Waals surface area contributed by atoms with E-state index in [0.717, 1.165) is 10.5 Å². The van der Waals surface area contributed by atoms with Crippen molar-refractivity contribution in [2.24, 2.45) is 0 Å². The van der Waals surface area contributed by atoms with Crippen LogP contribution in [-0.2, 0) is 6.54 Å². The molecule has 1 saturated carbocycles. The van der Waals surface area contributed by atoms with Crippen LogP contribution in [0.2, 0.25) is 0 Å². The lowest BCUT2D eigenvalue weighted by atomic mass is 10.2. The molecule has 0 radical (unpaired) electrons. The summed E-state index contributed by atoms with van der Waals surface area (Å²) in [4.78, 5) is 16.0. The molecule has 146 valence electrons. The maximum absolute atomic E-state index is 12.4. The smallest absolute Gasteiger partial charge is 0.352 e. The Hall–Kier alpha value is -2.72. The van der Waals surface area contributed by atoms with E-state index in [1.54, 1.807) is 4.90 Å². The van der Waals surface area contributed by atoms with Crippen LogP contribution in [0.5, 0.6) is 0 Å². The van der Waals surface area contributed by atoms with Crippen LogP contribution in [0.25, 0.3) is 0 Å². The monoisotopic (exact) mass is 383 g/mol. The van der Waals surface area contributed by atoms with Gasteiger partial charge in [0.1, 0.15) is 6.54 Å². The average Bonchev–Trinajstić information content (AvgIpc) is 3.19. The Morgan fingerprint density at radius 1 is 1.26 bits per heavy atom. The van der Waals surface area contributed by atoms with Gasteiger partial charge in [-0.25, -0.2) is 4.79 Å². The van der Waals surface area contributed by atoms with Crippen molar-refractivity contribution in [1.82, 2.24) is 24.9 Å². The Morgan fingerprint density at radius 3 is 2.67 bits per heavy atom. The van der Waals surface area contributed by atoms with Crippen molar-refractivity contribution in [2.75, 3.05) is 36.4 Å². The van der Waals surface area contributed by atoms with E-state index >= 15 is 0 Å². The summed E-state index contributed by atoms with van der Waals surface area (Å²) >= 11 is 0. The lowest BCUT2D eigenvalue weighted by Gasteiger charge is -2.34. The Bertz CT molecular complexity index is 803. The van der Waals surface area contributed by atoms with Crippen molar-refractivity contribution in [3.05, 3.63) is 24.0 Å². The number of anilines is 2. The SMILES string of the molecule is O=C(Nc1ccn(CC(F)(F)F)n1)N1CCN(c2cc(C3CC3)[nH]n2)CC1. The lowest BCUT2D eigenvalue weighted by molar-refractivity contribution is -0.142. The van der Waals surface area contributed by atoms with E-state index in [-0.39, 0.29) is 11.8 Å². The van der Waals surface area contributed by atoms with Gasteiger partial charge in [-0.05, 0) is 12.8 Å². The number of H-pyrrole nitrogens is 1. The molecule has 3 heterocycles. The van der Waals surface area contributed by atoms with E-state index < -0.39 is 12.7 Å². The second kappa shape index (κ2) is 6.78. The number of nitrogens with zero attached hydrogens (tertiary/aromatic N) is 5. The van der Waals surface area contributed by atoms with Gasteiger partial charge in [0.15, 0.2) is 11.6 Å². The molecule has 11 heteroatoms. The number of rotatable bonds is 4. The van der Waals surface area contributed by atoms with E-state index in [9.17, 15) is 18.0 Å². The van der Waals surface area contributed by atoms with Gasteiger partial charge in [0, 0.05) is 56.1 Å². The molecule has 0 spiro atoms. The normalized spacial score (nSPS) is 18.0. The molecular weight excluding hydrogens is 363 g/mol. The fraction of sp³-hybridized carbons (Fsp3) is 0.562. The van der Waals surface area contributed by atoms with Gasteiger partial charge in [-0.2, -0.15) is 23.4 Å². The number of piperazine rings is 1. The molecule has 0 atom stereocenters. The number of carbonyl (C=O) groups excluding carboxylic acids is 1. The molecule has 4 rings (SSSR count). The minimum atomic E-state index is -4.35. The van der Waals surface area contributed by atoms with Gasteiger partial charge >= 0.3 is 12.2 Å². The van der Waals surface area contributed by atoms with Crippen LogP contribution in [0.1, 0.15) is 24.5 Å². The summed E-state index contributed by atoms with van der Waals surface area (Å²) in [5.41, 5.74) is 1.17. The fourth-order valence-corrected chi connectivity index (χ4v) is 3.12. The van der Waals surface area contributed by atoms with Gasteiger partial charge in [0.25, 0.3) is 0 Å². The Labute approximate surface area is 153 Å². The fourth-order valence-electron chi connectivity index (χ4n) is 3.12. The third-order valence-electron chi connectivity index (χ3n) is 4.71. The number of alkyl halides is 3. The molecule has 1 saturated heterocycles. The third-order valence-corrected chi connectivity index (χ3v) is 4.71. The summed E-state index contributed by atoms with van der Waals surface area (Å²) in [5.74, 6) is 1.60. The maximum Gasteiger partial charge on any atom is 0.408 e. The third kappa shape index (κ3) is 4.34. The number of aromatic nitrogens is 4. The van der Waals surface area contributed by atoms with Crippen LogP contribution in [-0.4, -0.2) is 63.3 Å². The largest absolute Gasteiger partial charge is 0.408 e. The zero-order chi connectivity index (χ0) is 19.0. The number of hydrogen-bond donors (Lipinski definition) is 2. The maximum atomic E-state index is 12.4. The number of amides is 2. The predicted molar refractivity (Wildman–Crippen MR) is 91.6 cm³/mol. The highest BCUT2D eigenvalue weighted by molar-refractivity contribution is 5.88. The number of urea groups is 1. The number of hydrogen-bond acceptors (Lipinski definition) is 4. The van der Waals surface area contributed by atoms with Gasteiger partial charge in [0.2, 0.25) is 0 Å². The molecule has 1 aliphatic heterocycles. The number of carbonyl (C=O) groups is 1. The topological polar surface area (TPSA) is 82.1 Å². The number of halogens is 3. The Kier molecular flexibility index (Phi) is 4.44. The van der Waals surface area contributed by atoms with Gasteiger partial charge in [0.05, 0.1) is 0 Å². The van der Waals surface area contributed by atoms with E-state index in [1.165, 1.54) is 30.8 Å². The summed E-state index contributed by atoms with van der Waals surface area (Å²) < 4.78 is 37.8. The van der Waals surface area contributed by atoms with Crippen LogP contribution in [0.15, 0.2) is 18.3 Å². The molecule has 2 aliphatic rings. The van der Waals surface area contributed by atoms with Crippen LogP contribution < -0.4 is 10.2 Å². The van der Waals surface area contributed by atoms with Gasteiger partial charge in [-0.3, -0.25) is 15.1 Å². The molecule has 2 aromatic heterocycles. The first-order valence-corrected chi connectivity index (χ1v) is 8.84. The van der Waals surface area contributed by atoms with E-state index in [1.807, 2.05) is 0 Å². The average molecular weight is 383 g/mol. The summed E-state index contributed by atoms with van der Waals surface area (Å²) in [6.45, 7) is 1.10. The molecular formula is C16H20F3N7O. The molecule has 2 N–H and O–H groups in total. The molecule has 0 unspecified atom stereocenters. The van der Waals surface area contributed by atoms with Crippen LogP contribution >= 0.6 is 0 Å². The highest BCUT2D eigenvalue weighted by Gasteiger charge is 2.29. The molecule has 1 aliphatic carbocycles. The molecule has 0 bridgehead atoms. The lowest BCUT2D eigenvalue weighted by Crippen LogP contribution is -2.50. The van der Waals surface area contributed by atoms with Crippen molar-refractivity contribution in [1.29, 1.82) is 0 Å². The summed E-state index contributed by atoms with van der Waals surface area (Å²) in [6, 6.07) is 3.05. The van der Waals surface area contributed by atoms with Crippen LogP contribution in [0, 0.1) is 0 Å². The van der Waals surface area contributed by atoms with Crippen molar-refractivity contribution in [3.63, 3.8) is 0 Å². The number of aromatic amines is 1.